The number of nitrogens with one attached hydrogen (secondary N) is 2. The molecule has 0 fully saturated rings. The first kappa shape index (κ1) is 17.1. The molecule has 0 aliphatic heterocycles. The molecule has 1 aliphatic rings. The Hall–Kier alpha value is -2.30. The Morgan fingerprint density at radius 2 is 2.13 bits per heavy atom. The fourth-order valence-corrected chi connectivity index (χ4v) is 2.59. The summed E-state index contributed by atoms with van der Waals surface area (Å²) in [5.41, 5.74) is 1.72. The maximum Gasteiger partial charge on any atom is 0.319 e. The molecule has 1 aromatic carbocycles. The van der Waals surface area contributed by atoms with E-state index in [1.54, 1.807) is 11.9 Å². The van der Waals surface area contributed by atoms with Gasteiger partial charge in [-0.15, -0.1) is 0 Å². The van der Waals surface area contributed by atoms with E-state index in [-0.39, 0.29) is 11.9 Å². The zero-order chi connectivity index (χ0) is 16.7. The van der Waals surface area contributed by atoms with Crippen LogP contribution in [-0.2, 0) is 11.3 Å². The molecule has 3 amide bonds. The van der Waals surface area contributed by atoms with Crippen LogP contribution in [0.2, 0.25) is 0 Å². The summed E-state index contributed by atoms with van der Waals surface area (Å²) in [6.07, 6.45) is 7.64. The third-order valence-corrected chi connectivity index (χ3v) is 4.07. The minimum Gasteiger partial charge on any atom is -0.342 e. The largest absolute Gasteiger partial charge is 0.342 e. The highest BCUT2D eigenvalue weighted by Gasteiger charge is 2.11. The van der Waals surface area contributed by atoms with Crippen molar-refractivity contribution >= 4 is 17.6 Å². The van der Waals surface area contributed by atoms with Crippen LogP contribution in [0.5, 0.6) is 0 Å². The van der Waals surface area contributed by atoms with E-state index in [0.29, 0.717) is 19.0 Å². The molecule has 0 heterocycles. The Morgan fingerprint density at radius 1 is 1.30 bits per heavy atom. The lowest BCUT2D eigenvalue weighted by Gasteiger charge is -2.18. The highest BCUT2D eigenvalue weighted by molar-refractivity contribution is 5.89. The van der Waals surface area contributed by atoms with Crippen LogP contribution in [0.1, 0.15) is 31.7 Å². The average molecular weight is 315 g/mol. The fraction of sp³-hybridized carbons (Fsp3) is 0.444. The van der Waals surface area contributed by atoms with E-state index < -0.39 is 0 Å². The van der Waals surface area contributed by atoms with Crippen LogP contribution >= 0.6 is 0 Å². The quantitative estimate of drug-likeness (QED) is 0.820. The predicted octanol–water partition coefficient (Wildman–Crippen LogP) is 3.14. The lowest BCUT2D eigenvalue weighted by Crippen LogP contribution is -2.33. The minimum absolute atomic E-state index is 0.0163. The highest BCUT2D eigenvalue weighted by Crippen LogP contribution is 2.17. The summed E-state index contributed by atoms with van der Waals surface area (Å²) < 4.78 is 0. The zero-order valence-electron chi connectivity index (χ0n) is 13.8. The van der Waals surface area contributed by atoms with Crippen LogP contribution in [0, 0.1) is 5.92 Å². The number of carbonyl (C=O) groups is 2. The standard InChI is InChI=1S/C18H25N3O2/c1-14(22)21(2)13-16-9-6-10-17(11-16)20-18(23)19-12-15-7-4-3-5-8-15/h3-4,6,9-11,15H,5,7-8,12-13H2,1-2H3,(H2,19,20,23). The highest BCUT2D eigenvalue weighted by atomic mass is 16.2. The zero-order valence-corrected chi connectivity index (χ0v) is 13.8. The Balaban J connectivity index is 1.83. The van der Waals surface area contributed by atoms with Crippen molar-refractivity contribution in [1.82, 2.24) is 10.2 Å². The van der Waals surface area contributed by atoms with Gasteiger partial charge in [-0.3, -0.25) is 4.79 Å². The van der Waals surface area contributed by atoms with Crippen molar-refractivity contribution in [3.8, 4) is 0 Å². The molecule has 124 valence electrons. The van der Waals surface area contributed by atoms with Crippen LogP contribution in [0.4, 0.5) is 10.5 Å². The second kappa shape index (κ2) is 8.36. The number of anilines is 1. The van der Waals surface area contributed by atoms with Gasteiger partial charge in [0.2, 0.25) is 5.91 Å². The van der Waals surface area contributed by atoms with Gasteiger partial charge in [0, 0.05) is 32.7 Å². The third-order valence-electron chi connectivity index (χ3n) is 4.07. The third kappa shape index (κ3) is 5.77. The van der Waals surface area contributed by atoms with Crippen LogP contribution in [0.25, 0.3) is 0 Å². The van der Waals surface area contributed by atoms with Crippen molar-refractivity contribution in [2.75, 3.05) is 18.9 Å². The molecule has 0 spiro atoms. The molecule has 0 radical (unpaired) electrons. The average Bonchev–Trinajstić information content (AvgIpc) is 2.54. The molecule has 0 aromatic heterocycles. The van der Waals surface area contributed by atoms with Crippen LogP contribution in [0.3, 0.4) is 0 Å². The number of allylic oxidation sites excluding steroid dienone is 2. The summed E-state index contributed by atoms with van der Waals surface area (Å²) >= 11 is 0. The van der Waals surface area contributed by atoms with E-state index >= 15 is 0 Å². The summed E-state index contributed by atoms with van der Waals surface area (Å²) in [5, 5.41) is 5.78. The van der Waals surface area contributed by atoms with Crippen molar-refractivity contribution in [1.29, 1.82) is 0 Å². The predicted molar refractivity (Wildman–Crippen MR) is 92.1 cm³/mol. The Kier molecular flexibility index (Phi) is 6.20. The first-order valence-corrected chi connectivity index (χ1v) is 8.05. The van der Waals surface area contributed by atoms with Crippen molar-refractivity contribution in [3.05, 3.63) is 42.0 Å². The SMILES string of the molecule is CC(=O)N(C)Cc1cccc(NC(=O)NCC2CC=CCC2)c1. The van der Waals surface area contributed by atoms with E-state index in [4.69, 9.17) is 0 Å². The summed E-state index contributed by atoms with van der Waals surface area (Å²) in [6, 6.07) is 7.38. The van der Waals surface area contributed by atoms with Crippen LogP contribution in [0.15, 0.2) is 36.4 Å². The number of rotatable bonds is 5. The van der Waals surface area contributed by atoms with Crippen molar-refractivity contribution in [2.24, 2.45) is 5.92 Å². The number of urea groups is 1. The van der Waals surface area contributed by atoms with Crippen molar-refractivity contribution in [3.63, 3.8) is 0 Å². The number of carbonyl (C=O) groups excluding carboxylic acids is 2. The van der Waals surface area contributed by atoms with Gasteiger partial charge in [0.25, 0.3) is 0 Å². The lowest BCUT2D eigenvalue weighted by molar-refractivity contribution is -0.128. The number of hydrogen-bond acceptors (Lipinski definition) is 2. The van der Waals surface area contributed by atoms with Crippen molar-refractivity contribution in [2.45, 2.75) is 32.7 Å². The van der Waals surface area contributed by atoms with Gasteiger partial charge in [0.15, 0.2) is 0 Å². The molecule has 5 nitrogen and oxygen atoms in total. The number of nitrogens with zero attached hydrogens (tertiary/aromatic N) is 1. The molecule has 1 unspecified atom stereocenters. The van der Waals surface area contributed by atoms with E-state index in [2.05, 4.69) is 22.8 Å². The van der Waals surface area contributed by atoms with Gasteiger partial charge >= 0.3 is 6.03 Å². The molecule has 1 aromatic rings. The van der Waals surface area contributed by atoms with E-state index in [9.17, 15) is 9.59 Å². The van der Waals surface area contributed by atoms with Gasteiger partial charge < -0.3 is 15.5 Å². The summed E-state index contributed by atoms with van der Waals surface area (Å²) in [4.78, 5) is 24.9. The van der Waals surface area contributed by atoms with Crippen LogP contribution < -0.4 is 10.6 Å². The van der Waals surface area contributed by atoms with E-state index in [1.807, 2.05) is 24.3 Å². The second-order valence-corrected chi connectivity index (χ2v) is 6.06. The first-order chi connectivity index (χ1) is 11.0. The van der Waals surface area contributed by atoms with Gasteiger partial charge in [-0.2, -0.15) is 0 Å². The number of hydrogen-bond donors (Lipinski definition) is 2. The molecule has 0 bridgehead atoms. The fourth-order valence-electron chi connectivity index (χ4n) is 2.59. The molecular weight excluding hydrogens is 290 g/mol. The molecular formula is C18H25N3O2. The normalized spacial score (nSPS) is 16.7. The molecule has 0 saturated carbocycles. The van der Waals surface area contributed by atoms with Gasteiger partial charge in [-0.25, -0.2) is 4.79 Å². The number of benzene rings is 1. The molecule has 2 rings (SSSR count). The Morgan fingerprint density at radius 3 is 2.83 bits per heavy atom. The topological polar surface area (TPSA) is 61.4 Å². The van der Waals surface area contributed by atoms with Gasteiger partial charge in [-0.05, 0) is 42.9 Å². The monoisotopic (exact) mass is 315 g/mol. The first-order valence-electron chi connectivity index (χ1n) is 8.05. The number of amides is 3. The van der Waals surface area contributed by atoms with Gasteiger partial charge in [0.05, 0.1) is 0 Å². The lowest BCUT2D eigenvalue weighted by atomic mass is 9.94. The summed E-state index contributed by atoms with van der Waals surface area (Å²) in [7, 11) is 1.76. The van der Waals surface area contributed by atoms with E-state index in [0.717, 1.165) is 30.5 Å². The maximum absolute atomic E-state index is 12.0. The molecule has 0 saturated heterocycles. The van der Waals surface area contributed by atoms with Gasteiger partial charge in [-0.1, -0.05) is 24.3 Å². The van der Waals surface area contributed by atoms with Crippen molar-refractivity contribution < 1.29 is 9.59 Å². The van der Waals surface area contributed by atoms with E-state index in [1.165, 1.54) is 6.92 Å². The Bertz CT molecular complexity index is 583. The molecule has 2 N–H and O–H groups in total. The summed E-state index contributed by atoms with van der Waals surface area (Å²) in [5.74, 6) is 0.545. The molecule has 5 heteroatoms. The smallest absolute Gasteiger partial charge is 0.319 e. The summed E-state index contributed by atoms with van der Waals surface area (Å²) in [6.45, 7) is 2.76. The Labute approximate surface area is 137 Å². The molecule has 1 aliphatic carbocycles. The molecule has 1 atom stereocenters. The maximum atomic E-state index is 12.0. The van der Waals surface area contributed by atoms with Crippen LogP contribution in [-0.4, -0.2) is 30.4 Å². The van der Waals surface area contributed by atoms with Gasteiger partial charge in [0.1, 0.15) is 0 Å². The molecule has 23 heavy (non-hydrogen) atoms. The minimum atomic E-state index is -0.184. The second-order valence-electron chi connectivity index (χ2n) is 6.06.